The summed E-state index contributed by atoms with van der Waals surface area (Å²) in [6.45, 7) is 2.08. The van der Waals surface area contributed by atoms with Crippen LogP contribution in [0.2, 0.25) is 0 Å². The van der Waals surface area contributed by atoms with E-state index in [9.17, 15) is 0 Å². The molecule has 64 valence electrons. The van der Waals surface area contributed by atoms with Crippen LogP contribution in [0.5, 0.6) is 0 Å². The first kappa shape index (κ1) is 8.78. The van der Waals surface area contributed by atoms with Gasteiger partial charge >= 0.3 is 0 Å². The second-order valence-corrected chi connectivity index (χ2v) is 2.40. The molecule has 0 aliphatic carbocycles. The molecule has 0 atom stereocenters. The van der Waals surface area contributed by atoms with Crippen LogP contribution in [-0.4, -0.2) is 13.1 Å². The minimum absolute atomic E-state index is 0.347. The quantitative estimate of drug-likeness (QED) is 0.625. The molecule has 0 saturated heterocycles. The highest BCUT2D eigenvalue weighted by atomic mass is 16.3. The molecule has 1 rings (SSSR count). The molecular formula is C8H11N3O. The molecule has 0 amide bonds. The lowest BCUT2D eigenvalue weighted by atomic mass is 10.3. The molecule has 1 heterocycles. The largest absolute Gasteiger partial charge is 0.454 e. The monoisotopic (exact) mass is 165 g/mol. The Morgan fingerprint density at radius 2 is 2.50 bits per heavy atom. The number of hydrogen-bond acceptors (Lipinski definition) is 4. The minimum atomic E-state index is 0.347. The third-order valence-electron chi connectivity index (χ3n) is 1.41. The van der Waals surface area contributed by atoms with Crippen LogP contribution in [0.25, 0.3) is 0 Å². The van der Waals surface area contributed by atoms with Crippen LogP contribution in [0, 0.1) is 11.3 Å². The molecule has 1 aromatic rings. The molecule has 0 radical (unpaired) electrons. The van der Waals surface area contributed by atoms with E-state index in [0.717, 1.165) is 12.1 Å². The first-order chi connectivity index (χ1) is 5.86. The minimum Gasteiger partial charge on any atom is -0.454 e. The van der Waals surface area contributed by atoms with Gasteiger partial charge in [-0.3, -0.25) is 0 Å². The molecule has 3 N–H and O–H groups in total. The fourth-order valence-electron chi connectivity index (χ4n) is 0.862. The van der Waals surface area contributed by atoms with Gasteiger partial charge in [-0.2, -0.15) is 5.26 Å². The number of nitrogens with zero attached hydrogens (tertiary/aromatic N) is 1. The average Bonchev–Trinajstić information content (AvgIpc) is 2.53. The molecule has 12 heavy (non-hydrogen) atoms. The van der Waals surface area contributed by atoms with Crippen LogP contribution in [0.3, 0.4) is 0 Å². The molecule has 1 aromatic heterocycles. The van der Waals surface area contributed by atoms with E-state index in [0.29, 0.717) is 18.8 Å². The lowest BCUT2D eigenvalue weighted by Crippen LogP contribution is -2.21. The van der Waals surface area contributed by atoms with E-state index in [2.05, 4.69) is 5.32 Å². The number of nitriles is 1. The Morgan fingerprint density at radius 3 is 3.08 bits per heavy atom. The summed E-state index contributed by atoms with van der Waals surface area (Å²) in [7, 11) is 0. The Bertz CT molecular complexity index is 274. The lowest BCUT2D eigenvalue weighted by Gasteiger charge is -1.97. The summed E-state index contributed by atoms with van der Waals surface area (Å²) in [5.74, 6) is 0.347. The molecule has 0 unspecified atom stereocenters. The molecule has 0 aromatic carbocycles. The van der Waals surface area contributed by atoms with Crippen LogP contribution in [0.1, 0.15) is 11.3 Å². The van der Waals surface area contributed by atoms with Gasteiger partial charge in [0.2, 0.25) is 5.76 Å². The van der Waals surface area contributed by atoms with Crippen molar-refractivity contribution in [2.45, 2.75) is 6.54 Å². The Balaban J connectivity index is 2.38. The zero-order valence-electron chi connectivity index (χ0n) is 6.71. The first-order valence-electron chi connectivity index (χ1n) is 3.75. The maximum Gasteiger partial charge on any atom is 0.203 e. The number of nitrogens with one attached hydrogen (secondary N) is 1. The zero-order chi connectivity index (χ0) is 8.81. The Morgan fingerprint density at radius 1 is 1.67 bits per heavy atom. The van der Waals surface area contributed by atoms with Crippen LogP contribution in [0.15, 0.2) is 16.7 Å². The topological polar surface area (TPSA) is 75.0 Å². The first-order valence-corrected chi connectivity index (χ1v) is 3.75. The molecule has 0 aliphatic heterocycles. The van der Waals surface area contributed by atoms with Crippen LogP contribution >= 0.6 is 0 Å². The second-order valence-electron chi connectivity index (χ2n) is 2.40. The van der Waals surface area contributed by atoms with Crippen molar-refractivity contribution in [3.8, 4) is 6.07 Å². The fraction of sp³-hybridized carbons (Fsp3) is 0.375. The summed E-state index contributed by atoms with van der Waals surface area (Å²) in [4.78, 5) is 0. The van der Waals surface area contributed by atoms with Crippen molar-refractivity contribution in [2.24, 2.45) is 5.73 Å². The maximum absolute atomic E-state index is 8.44. The van der Waals surface area contributed by atoms with Crippen molar-refractivity contribution in [1.29, 1.82) is 5.26 Å². The van der Waals surface area contributed by atoms with E-state index in [-0.39, 0.29) is 0 Å². The molecule has 4 heteroatoms. The van der Waals surface area contributed by atoms with Gasteiger partial charge in [-0.15, -0.1) is 0 Å². The Hall–Kier alpha value is -1.31. The highest BCUT2D eigenvalue weighted by Gasteiger charge is 1.98. The van der Waals surface area contributed by atoms with Crippen LogP contribution in [-0.2, 0) is 6.54 Å². The van der Waals surface area contributed by atoms with Crippen molar-refractivity contribution >= 4 is 0 Å². The van der Waals surface area contributed by atoms with Crippen molar-refractivity contribution in [3.63, 3.8) is 0 Å². The molecule has 4 nitrogen and oxygen atoms in total. The predicted octanol–water partition coefficient (Wildman–Crippen LogP) is 0.200. The number of nitrogens with two attached hydrogens (primary N) is 1. The smallest absolute Gasteiger partial charge is 0.203 e. The van der Waals surface area contributed by atoms with E-state index in [4.69, 9.17) is 15.4 Å². The Labute approximate surface area is 71.0 Å². The van der Waals surface area contributed by atoms with Gasteiger partial charge in [-0.1, -0.05) is 0 Å². The summed E-state index contributed by atoms with van der Waals surface area (Å²) >= 11 is 0. The number of hydrogen-bond donors (Lipinski definition) is 2. The Kier molecular flexibility index (Phi) is 3.33. The van der Waals surface area contributed by atoms with E-state index >= 15 is 0 Å². The van der Waals surface area contributed by atoms with Crippen LogP contribution < -0.4 is 11.1 Å². The zero-order valence-corrected chi connectivity index (χ0v) is 6.71. The average molecular weight is 165 g/mol. The lowest BCUT2D eigenvalue weighted by molar-refractivity contribution is 0.547. The summed E-state index contributed by atoms with van der Waals surface area (Å²) in [6, 6.07) is 3.63. The van der Waals surface area contributed by atoms with Crippen molar-refractivity contribution in [1.82, 2.24) is 5.32 Å². The summed E-state index contributed by atoms with van der Waals surface area (Å²) in [6.07, 6.45) is 1.57. The highest BCUT2D eigenvalue weighted by Crippen LogP contribution is 2.05. The molecule has 0 saturated carbocycles. The van der Waals surface area contributed by atoms with Gasteiger partial charge in [0.05, 0.1) is 6.26 Å². The molecule has 0 aliphatic rings. The normalized spacial score (nSPS) is 9.67. The second kappa shape index (κ2) is 4.54. The summed E-state index contributed by atoms with van der Waals surface area (Å²) in [5.41, 5.74) is 6.26. The molecular weight excluding hydrogens is 154 g/mol. The van der Waals surface area contributed by atoms with E-state index in [1.54, 1.807) is 12.3 Å². The van der Waals surface area contributed by atoms with Gasteiger partial charge in [0.1, 0.15) is 6.07 Å². The third-order valence-corrected chi connectivity index (χ3v) is 1.41. The predicted molar refractivity (Wildman–Crippen MR) is 44.2 cm³/mol. The fourth-order valence-corrected chi connectivity index (χ4v) is 0.862. The van der Waals surface area contributed by atoms with E-state index in [1.807, 2.05) is 6.07 Å². The van der Waals surface area contributed by atoms with Gasteiger partial charge in [0.25, 0.3) is 0 Å². The molecule has 0 fully saturated rings. The summed E-state index contributed by atoms with van der Waals surface area (Å²) in [5, 5.41) is 11.5. The van der Waals surface area contributed by atoms with Gasteiger partial charge in [0.15, 0.2) is 0 Å². The van der Waals surface area contributed by atoms with Crippen LogP contribution in [0.4, 0.5) is 0 Å². The SMILES string of the molecule is N#Cc1cc(CNCCN)co1. The van der Waals surface area contributed by atoms with Gasteiger partial charge < -0.3 is 15.5 Å². The van der Waals surface area contributed by atoms with Gasteiger partial charge in [-0.05, 0) is 6.07 Å². The molecule has 0 spiro atoms. The summed E-state index contributed by atoms with van der Waals surface area (Å²) < 4.78 is 4.91. The maximum atomic E-state index is 8.44. The number of furan rings is 1. The van der Waals surface area contributed by atoms with Crippen molar-refractivity contribution in [2.75, 3.05) is 13.1 Å². The van der Waals surface area contributed by atoms with Gasteiger partial charge in [0, 0.05) is 25.2 Å². The van der Waals surface area contributed by atoms with Crippen molar-refractivity contribution < 1.29 is 4.42 Å². The third kappa shape index (κ3) is 2.38. The van der Waals surface area contributed by atoms with Gasteiger partial charge in [-0.25, -0.2) is 0 Å². The molecule has 0 bridgehead atoms. The van der Waals surface area contributed by atoms with Crippen molar-refractivity contribution in [3.05, 3.63) is 23.7 Å². The van der Waals surface area contributed by atoms with E-state index in [1.165, 1.54) is 0 Å². The number of rotatable bonds is 4. The van der Waals surface area contributed by atoms with E-state index < -0.39 is 0 Å². The highest BCUT2D eigenvalue weighted by molar-refractivity contribution is 5.22. The standard InChI is InChI=1S/C8H11N3O/c9-1-2-11-5-7-3-8(4-10)12-6-7/h3,6,11H,1-2,5,9H2.